The van der Waals surface area contributed by atoms with Crippen LogP contribution >= 0.6 is 0 Å². The molecular formula is C29H35N4O5+. The average molecular weight is 520 g/mol. The number of H-pyrrole nitrogens is 1. The van der Waals surface area contributed by atoms with Gasteiger partial charge in [0, 0.05) is 36.0 Å². The zero-order valence-electron chi connectivity index (χ0n) is 22.0. The molecule has 2 aromatic carbocycles. The zero-order chi connectivity index (χ0) is 26.2. The maximum Gasteiger partial charge on any atom is 0.246 e. The van der Waals surface area contributed by atoms with E-state index in [0.717, 1.165) is 67.0 Å². The number of carbonyl (C=O) groups is 2. The number of piperazine rings is 1. The fraction of sp³-hybridized carbons (Fsp3) is 0.448. The molecule has 0 aliphatic carbocycles. The summed E-state index contributed by atoms with van der Waals surface area (Å²) in [4.78, 5) is 36.3. The number of morpholine rings is 1. The number of ether oxygens (including phenoxy) is 3. The van der Waals surface area contributed by atoms with E-state index in [-0.39, 0.29) is 18.4 Å². The Labute approximate surface area is 222 Å². The predicted molar refractivity (Wildman–Crippen MR) is 142 cm³/mol. The van der Waals surface area contributed by atoms with Crippen molar-refractivity contribution in [3.63, 3.8) is 0 Å². The summed E-state index contributed by atoms with van der Waals surface area (Å²) in [6.45, 7) is 5.26. The third-order valence-corrected chi connectivity index (χ3v) is 8.22. The molecule has 4 heterocycles. The fourth-order valence-electron chi connectivity index (χ4n) is 6.31. The van der Waals surface area contributed by atoms with E-state index in [1.807, 2.05) is 36.4 Å². The molecule has 200 valence electrons. The maximum absolute atomic E-state index is 13.9. The van der Waals surface area contributed by atoms with Crippen molar-refractivity contribution in [2.24, 2.45) is 0 Å². The van der Waals surface area contributed by atoms with Gasteiger partial charge in [0.05, 0.1) is 46.6 Å². The molecule has 9 nitrogen and oxygen atoms in total. The summed E-state index contributed by atoms with van der Waals surface area (Å²) in [5.41, 5.74) is 3.95. The lowest BCUT2D eigenvalue weighted by molar-refractivity contribution is -0.908. The number of quaternary nitrogens is 1. The summed E-state index contributed by atoms with van der Waals surface area (Å²) in [6, 6.07) is 12.9. The first-order valence-electron chi connectivity index (χ1n) is 13.4. The van der Waals surface area contributed by atoms with Gasteiger partial charge in [-0.1, -0.05) is 24.3 Å². The molecule has 0 saturated carbocycles. The lowest BCUT2D eigenvalue weighted by Gasteiger charge is -2.47. The summed E-state index contributed by atoms with van der Waals surface area (Å²) < 4.78 is 16.5. The van der Waals surface area contributed by atoms with Crippen molar-refractivity contribution < 1.29 is 28.7 Å². The van der Waals surface area contributed by atoms with E-state index in [0.29, 0.717) is 24.5 Å². The Morgan fingerprint density at radius 3 is 2.63 bits per heavy atom. The van der Waals surface area contributed by atoms with Gasteiger partial charge in [0.1, 0.15) is 19.1 Å². The second-order valence-corrected chi connectivity index (χ2v) is 10.3. The number of carbonyl (C=O) groups excluding carboxylic acids is 2. The molecule has 1 aromatic heterocycles. The molecule has 0 radical (unpaired) electrons. The van der Waals surface area contributed by atoms with Gasteiger partial charge in [-0.25, -0.2) is 0 Å². The van der Waals surface area contributed by atoms with Gasteiger partial charge in [0.15, 0.2) is 11.5 Å². The topological polar surface area (TPSA) is 88.5 Å². The van der Waals surface area contributed by atoms with Crippen LogP contribution in [-0.4, -0.2) is 92.8 Å². The summed E-state index contributed by atoms with van der Waals surface area (Å²) in [7, 11) is 3.21. The molecule has 6 rings (SSSR count). The Kier molecular flexibility index (Phi) is 6.71. The number of aromatic nitrogens is 1. The van der Waals surface area contributed by atoms with Gasteiger partial charge in [-0.2, -0.15) is 0 Å². The van der Waals surface area contributed by atoms with Crippen LogP contribution in [0.15, 0.2) is 42.5 Å². The first kappa shape index (κ1) is 24.8. The molecule has 3 aliphatic heterocycles. The number of hydrogen-bond donors (Lipinski definition) is 2. The zero-order valence-corrected chi connectivity index (χ0v) is 22.0. The van der Waals surface area contributed by atoms with Crippen LogP contribution in [0.5, 0.6) is 11.5 Å². The van der Waals surface area contributed by atoms with Crippen LogP contribution in [0.2, 0.25) is 0 Å². The largest absolute Gasteiger partial charge is 0.493 e. The second-order valence-electron chi connectivity index (χ2n) is 10.3. The highest BCUT2D eigenvalue weighted by Crippen LogP contribution is 2.44. The Hall–Kier alpha value is -3.56. The molecule has 0 spiro atoms. The van der Waals surface area contributed by atoms with Crippen LogP contribution in [0.1, 0.15) is 29.3 Å². The molecule has 0 bridgehead atoms. The first-order valence-corrected chi connectivity index (χ1v) is 13.4. The Morgan fingerprint density at radius 1 is 1.05 bits per heavy atom. The summed E-state index contributed by atoms with van der Waals surface area (Å²) >= 11 is 0. The highest BCUT2D eigenvalue weighted by atomic mass is 16.5. The fourth-order valence-corrected chi connectivity index (χ4v) is 6.31. The third-order valence-electron chi connectivity index (χ3n) is 8.22. The molecule has 2 N–H and O–H groups in total. The molecule has 3 aliphatic rings. The van der Waals surface area contributed by atoms with Crippen molar-refractivity contribution in [2.45, 2.75) is 24.9 Å². The number of nitrogens with one attached hydrogen (secondary N) is 2. The van der Waals surface area contributed by atoms with Gasteiger partial charge >= 0.3 is 0 Å². The molecule has 3 aromatic rings. The number of hydrogen-bond acceptors (Lipinski definition) is 5. The number of rotatable bonds is 7. The number of amides is 2. The van der Waals surface area contributed by atoms with Gasteiger partial charge < -0.3 is 33.9 Å². The number of fused-ring (bicyclic) bond motifs is 4. The van der Waals surface area contributed by atoms with Crippen LogP contribution in [-0.2, 0) is 20.7 Å². The van der Waals surface area contributed by atoms with Gasteiger partial charge in [-0.15, -0.1) is 0 Å². The molecule has 0 unspecified atom stereocenters. The monoisotopic (exact) mass is 519 g/mol. The van der Waals surface area contributed by atoms with Gasteiger partial charge in [0.2, 0.25) is 11.8 Å². The molecule has 9 heteroatoms. The van der Waals surface area contributed by atoms with Crippen LogP contribution in [0.4, 0.5) is 0 Å². The third kappa shape index (κ3) is 4.29. The molecule has 2 fully saturated rings. The van der Waals surface area contributed by atoms with Gasteiger partial charge in [-0.3, -0.25) is 9.59 Å². The number of benzene rings is 2. The van der Waals surface area contributed by atoms with E-state index < -0.39 is 12.1 Å². The normalized spacial score (nSPS) is 21.9. The summed E-state index contributed by atoms with van der Waals surface area (Å²) in [5.74, 6) is 1.21. The quantitative estimate of drug-likeness (QED) is 0.490. The van der Waals surface area contributed by atoms with E-state index >= 15 is 0 Å². The minimum Gasteiger partial charge on any atom is -0.493 e. The van der Waals surface area contributed by atoms with E-state index in [4.69, 9.17) is 14.2 Å². The van der Waals surface area contributed by atoms with Crippen molar-refractivity contribution in [1.82, 2.24) is 14.8 Å². The van der Waals surface area contributed by atoms with Crippen molar-refractivity contribution >= 4 is 22.7 Å². The first-order chi connectivity index (χ1) is 18.6. The van der Waals surface area contributed by atoms with Gasteiger partial charge in [0.25, 0.3) is 0 Å². The minimum atomic E-state index is -0.545. The lowest BCUT2D eigenvalue weighted by Crippen LogP contribution is -3.14. The van der Waals surface area contributed by atoms with Crippen molar-refractivity contribution in [2.75, 3.05) is 60.2 Å². The van der Waals surface area contributed by atoms with E-state index in [9.17, 15) is 9.59 Å². The SMILES string of the molecule is COc1ccc([C@@H]2c3[nH]c4ccccc4c3C[C@H]3C(=O)N(CCC[NH+]4CCOCC4)CC(=O)N23)cc1OC. The van der Waals surface area contributed by atoms with Crippen molar-refractivity contribution in [3.05, 3.63) is 59.3 Å². The number of aromatic amines is 1. The van der Waals surface area contributed by atoms with Crippen LogP contribution < -0.4 is 14.4 Å². The molecule has 2 amide bonds. The number of nitrogens with zero attached hydrogens (tertiary/aromatic N) is 2. The second kappa shape index (κ2) is 10.3. The molecule has 2 atom stereocenters. The van der Waals surface area contributed by atoms with Crippen molar-refractivity contribution in [1.29, 1.82) is 0 Å². The summed E-state index contributed by atoms with van der Waals surface area (Å²) in [6.07, 6.45) is 1.37. The van der Waals surface area contributed by atoms with Crippen LogP contribution in [0.3, 0.4) is 0 Å². The summed E-state index contributed by atoms with van der Waals surface area (Å²) in [5, 5.41) is 1.10. The smallest absolute Gasteiger partial charge is 0.246 e. The predicted octanol–water partition coefficient (Wildman–Crippen LogP) is 1.18. The van der Waals surface area contributed by atoms with Gasteiger partial charge in [-0.05, 0) is 29.3 Å². The number of para-hydroxylation sites is 1. The Bertz CT molecular complexity index is 1350. The van der Waals surface area contributed by atoms with Crippen LogP contribution in [0, 0.1) is 0 Å². The Balaban J connectivity index is 1.34. The highest BCUT2D eigenvalue weighted by molar-refractivity contribution is 5.97. The minimum absolute atomic E-state index is 0.0302. The maximum atomic E-state index is 13.9. The van der Waals surface area contributed by atoms with E-state index in [1.54, 1.807) is 24.0 Å². The standard InChI is InChI=1S/C29H34N4O5/c1-36-24-9-8-19(16-25(24)37-2)28-27-21(20-6-3-4-7-22(20)30-27)17-23-29(35)32(18-26(34)33(23)28)11-5-10-31-12-14-38-15-13-31/h3-4,6-9,16,23,28,30H,5,10-15,17-18H2,1-2H3/p+1/t23-,28+/m0/s1. The molecule has 2 saturated heterocycles. The molecule has 38 heavy (non-hydrogen) atoms. The average Bonchev–Trinajstić information content (AvgIpc) is 3.33. The van der Waals surface area contributed by atoms with Crippen molar-refractivity contribution in [3.8, 4) is 11.5 Å². The highest BCUT2D eigenvalue weighted by Gasteiger charge is 2.48. The lowest BCUT2D eigenvalue weighted by atomic mass is 9.86. The van der Waals surface area contributed by atoms with E-state index in [2.05, 4.69) is 11.1 Å². The molecular weight excluding hydrogens is 484 g/mol. The Morgan fingerprint density at radius 2 is 1.84 bits per heavy atom. The number of methoxy groups -OCH3 is 2. The van der Waals surface area contributed by atoms with Crippen LogP contribution in [0.25, 0.3) is 10.9 Å². The van der Waals surface area contributed by atoms with E-state index in [1.165, 1.54) is 4.90 Å².